The number of nitrogens with one attached hydrogen (secondary N) is 1. The number of anilines is 2. The summed E-state index contributed by atoms with van der Waals surface area (Å²) in [5.41, 5.74) is 3.72. The van der Waals surface area contributed by atoms with Gasteiger partial charge in [-0.15, -0.1) is 0 Å². The minimum atomic E-state index is -0.647. The fourth-order valence-corrected chi connectivity index (χ4v) is 3.81. The highest BCUT2D eigenvalue weighted by Crippen LogP contribution is 2.33. The van der Waals surface area contributed by atoms with Gasteiger partial charge in [-0.25, -0.2) is 0 Å². The average Bonchev–Trinajstić information content (AvgIpc) is 2.76. The van der Waals surface area contributed by atoms with E-state index in [9.17, 15) is 9.59 Å². The van der Waals surface area contributed by atoms with Crippen molar-refractivity contribution in [3.05, 3.63) is 53.6 Å². The summed E-state index contributed by atoms with van der Waals surface area (Å²) in [4.78, 5) is 29.5. The molecular formula is C23H27N3O4. The second-order valence-electron chi connectivity index (χ2n) is 7.76. The molecule has 1 saturated heterocycles. The lowest BCUT2D eigenvalue weighted by Gasteiger charge is -2.38. The zero-order valence-corrected chi connectivity index (χ0v) is 17.4. The first-order chi connectivity index (χ1) is 14.5. The number of morpholine rings is 1. The Bertz CT molecular complexity index is 940. The van der Waals surface area contributed by atoms with Gasteiger partial charge in [-0.1, -0.05) is 24.3 Å². The molecule has 0 bridgehead atoms. The molecular weight excluding hydrogens is 382 g/mol. The summed E-state index contributed by atoms with van der Waals surface area (Å²) in [6, 6.07) is 13.5. The van der Waals surface area contributed by atoms with Gasteiger partial charge >= 0.3 is 0 Å². The van der Waals surface area contributed by atoms with Crippen molar-refractivity contribution in [2.24, 2.45) is 0 Å². The molecule has 7 heteroatoms. The molecule has 0 aromatic heterocycles. The second kappa shape index (κ2) is 8.75. The lowest BCUT2D eigenvalue weighted by molar-refractivity contribution is -0.142. The molecule has 158 valence electrons. The minimum Gasteiger partial charge on any atom is -0.477 e. The number of nitrogens with zero attached hydrogens (tertiary/aromatic N) is 2. The Kier molecular flexibility index (Phi) is 5.90. The number of rotatable bonds is 4. The van der Waals surface area contributed by atoms with E-state index in [2.05, 4.69) is 5.32 Å². The molecule has 2 aliphatic heterocycles. The van der Waals surface area contributed by atoms with Crippen LogP contribution < -0.4 is 15.0 Å². The summed E-state index contributed by atoms with van der Waals surface area (Å²) in [6.45, 7) is 6.63. The fourth-order valence-electron chi connectivity index (χ4n) is 3.81. The second-order valence-corrected chi connectivity index (χ2v) is 7.76. The third kappa shape index (κ3) is 4.41. The van der Waals surface area contributed by atoms with E-state index in [1.807, 2.05) is 61.2 Å². The van der Waals surface area contributed by atoms with Gasteiger partial charge in [0.05, 0.1) is 32.0 Å². The molecule has 1 atom stereocenters. The maximum absolute atomic E-state index is 13.0. The van der Waals surface area contributed by atoms with Crippen molar-refractivity contribution in [3.8, 4) is 5.75 Å². The molecule has 0 aliphatic carbocycles. The van der Waals surface area contributed by atoms with Gasteiger partial charge in [0.1, 0.15) is 5.75 Å². The summed E-state index contributed by atoms with van der Waals surface area (Å²) in [7, 11) is 0. The van der Waals surface area contributed by atoms with Gasteiger partial charge in [-0.3, -0.25) is 9.59 Å². The average molecular weight is 409 g/mol. The first-order valence-corrected chi connectivity index (χ1v) is 10.3. The third-order valence-corrected chi connectivity index (χ3v) is 5.46. The molecule has 7 nitrogen and oxygen atoms in total. The predicted molar refractivity (Wildman–Crippen MR) is 115 cm³/mol. The molecule has 4 rings (SSSR count). The highest BCUT2D eigenvalue weighted by Gasteiger charge is 2.34. The van der Waals surface area contributed by atoms with Gasteiger partial charge in [0.15, 0.2) is 6.10 Å². The van der Waals surface area contributed by atoms with E-state index in [4.69, 9.17) is 9.47 Å². The van der Waals surface area contributed by atoms with Crippen LogP contribution >= 0.6 is 0 Å². The Hall–Kier alpha value is -3.06. The topological polar surface area (TPSA) is 71.1 Å². The number of para-hydroxylation sites is 2. The smallest absolute Gasteiger partial charge is 0.265 e. The van der Waals surface area contributed by atoms with Crippen LogP contribution in [0.25, 0.3) is 0 Å². The fraction of sp³-hybridized carbons (Fsp3) is 0.391. The largest absolute Gasteiger partial charge is 0.477 e. The normalized spacial score (nSPS) is 18.4. The van der Waals surface area contributed by atoms with Crippen LogP contribution in [0.2, 0.25) is 0 Å². The summed E-state index contributed by atoms with van der Waals surface area (Å²) >= 11 is 0. The van der Waals surface area contributed by atoms with Gasteiger partial charge in [0.25, 0.3) is 5.91 Å². The van der Waals surface area contributed by atoms with Crippen molar-refractivity contribution in [2.75, 3.05) is 49.6 Å². The van der Waals surface area contributed by atoms with E-state index >= 15 is 0 Å². The number of fused-ring (bicyclic) bond motifs is 1. The van der Waals surface area contributed by atoms with Crippen molar-refractivity contribution < 1.29 is 19.1 Å². The summed E-state index contributed by atoms with van der Waals surface area (Å²) < 4.78 is 11.4. The molecule has 2 aromatic rings. The van der Waals surface area contributed by atoms with Crippen LogP contribution in [0.1, 0.15) is 11.1 Å². The number of hydrogen-bond donors (Lipinski definition) is 1. The van der Waals surface area contributed by atoms with E-state index < -0.39 is 6.10 Å². The SMILES string of the molecule is Cc1ccc(C)c(NC(=O)CN2C[C@H](C(=O)N3CCOCC3)Oc3ccccc32)c1. The lowest BCUT2D eigenvalue weighted by atomic mass is 10.1. The van der Waals surface area contributed by atoms with Crippen molar-refractivity contribution >= 4 is 23.2 Å². The van der Waals surface area contributed by atoms with Crippen LogP contribution in [-0.2, 0) is 14.3 Å². The van der Waals surface area contributed by atoms with Crippen molar-refractivity contribution in [1.82, 2.24) is 4.90 Å². The van der Waals surface area contributed by atoms with Crippen molar-refractivity contribution in [2.45, 2.75) is 20.0 Å². The van der Waals surface area contributed by atoms with E-state index in [0.29, 0.717) is 38.6 Å². The molecule has 0 unspecified atom stereocenters. The number of ether oxygens (including phenoxy) is 2. The Morgan fingerprint density at radius 1 is 1.10 bits per heavy atom. The van der Waals surface area contributed by atoms with Gasteiger partial charge in [-0.2, -0.15) is 0 Å². The van der Waals surface area contributed by atoms with Crippen LogP contribution in [0.3, 0.4) is 0 Å². The Morgan fingerprint density at radius 3 is 2.67 bits per heavy atom. The zero-order chi connectivity index (χ0) is 21.1. The summed E-state index contributed by atoms with van der Waals surface area (Å²) in [5.74, 6) is 0.431. The molecule has 2 amide bonds. The molecule has 1 fully saturated rings. The number of carbonyl (C=O) groups is 2. The van der Waals surface area contributed by atoms with E-state index in [-0.39, 0.29) is 18.4 Å². The quantitative estimate of drug-likeness (QED) is 0.840. The molecule has 2 heterocycles. The number of amides is 2. The van der Waals surface area contributed by atoms with Crippen LogP contribution in [0.5, 0.6) is 5.75 Å². The Morgan fingerprint density at radius 2 is 1.87 bits per heavy atom. The molecule has 0 spiro atoms. The Balaban J connectivity index is 1.50. The predicted octanol–water partition coefficient (Wildman–Crippen LogP) is 2.37. The van der Waals surface area contributed by atoms with Gasteiger partial charge in [0, 0.05) is 18.8 Å². The summed E-state index contributed by atoms with van der Waals surface area (Å²) in [6.07, 6.45) is -0.647. The van der Waals surface area contributed by atoms with Crippen LogP contribution in [-0.4, -0.2) is 62.2 Å². The molecule has 2 aliphatic rings. The van der Waals surface area contributed by atoms with Crippen molar-refractivity contribution in [1.29, 1.82) is 0 Å². The molecule has 0 radical (unpaired) electrons. The van der Waals surface area contributed by atoms with Crippen LogP contribution in [0.4, 0.5) is 11.4 Å². The standard InChI is InChI=1S/C23H27N3O4/c1-16-7-8-17(2)18(13-16)24-22(27)15-26-14-21(23(28)25-9-11-29-12-10-25)30-20-6-4-3-5-19(20)26/h3-8,13,21H,9-12,14-15H2,1-2H3,(H,24,27)/t21-/m1/s1. The molecule has 1 N–H and O–H groups in total. The monoisotopic (exact) mass is 409 g/mol. The van der Waals surface area contributed by atoms with E-state index in [1.54, 1.807) is 4.90 Å². The minimum absolute atomic E-state index is 0.0623. The van der Waals surface area contributed by atoms with E-state index in [1.165, 1.54) is 0 Å². The highest BCUT2D eigenvalue weighted by molar-refractivity contribution is 5.95. The highest BCUT2D eigenvalue weighted by atomic mass is 16.5. The van der Waals surface area contributed by atoms with E-state index in [0.717, 1.165) is 22.5 Å². The van der Waals surface area contributed by atoms with Crippen LogP contribution in [0.15, 0.2) is 42.5 Å². The van der Waals surface area contributed by atoms with Crippen LogP contribution in [0, 0.1) is 13.8 Å². The first-order valence-electron chi connectivity index (χ1n) is 10.3. The van der Waals surface area contributed by atoms with Crippen molar-refractivity contribution in [3.63, 3.8) is 0 Å². The maximum Gasteiger partial charge on any atom is 0.265 e. The lowest BCUT2D eigenvalue weighted by Crippen LogP contribution is -2.53. The first kappa shape index (κ1) is 20.2. The number of aryl methyl sites for hydroxylation is 2. The van der Waals surface area contributed by atoms with Gasteiger partial charge in [-0.05, 0) is 43.2 Å². The summed E-state index contributed by atoms with van der Waals surface area (Å²) in [5, 5.41) is 3.00. The molecule has 0 saturated carbocycles. The molecule has 2 aromatic carbocycles. The number of benzene rings is 2. The number of carbonyl (C=O) groups excluding carboxylic acids is 2. The zero-order valence-electron chi connectivity index (χ0n) is 17.4. The molecule has 30 heavy (non-hydrogen) atoms. The van der Waals surface area contributed by atoms with Gasteiger partial charge in [0.2, 0.25) is 5.91 Å². The van der Waals surface area contributed by atoms with Gasteiger partial charge < -0.3 is 24.6 Å². The number of hydrogen-bond acceptors (Lipinski definition) is 5. The maximum atomic E-state index is 13.0. The Labute approximate surface area is 176 Å². The third-order valence-electron chi connectivity index (χ3n) is 5.46.